The summed E-state index contributed by atoms with van der Waals surface area (Å²) in [7, 11) is 1.48. The number of rotatable bonds is 7. The van der Waals surface area contributed by atoms with Gasteiger partial charge in [0.15, 0.2) is 11.5 Å². The van der Waals surface area contributed by atoms with E-state index in [1.807, 2.05) is 12.1 Å². The molecular formula is C38H48NO6-. The maximum Gasteiger partial charge on any atom is 0.200 e. The van der Waals surface area contributed by atoms with Crippen molar-refractivity contribution >= 4 is 0 Å². The van der Waals surface area contributed by atoms with Crippen molar-refractivity contribution in [2.24, 2.45) is 17.8 Å². The lowest BCUT2D eigenvalue weighted by Crippen LogP contribution is -2.44. The zero-order valence-corrected chi connectivity index (χ0v) is 26.4. The zero-order chi connectivity index (χ0) is 31.1. The van der Waals surface area contributed by atoms with Crippen molar-refractivity contribution in [3.05, 3.63) is 70.5 Å². The highest BCUT2D eigenvalue weighted by Crippen LogP contribution is 2.51. The van der Waals surface area contributed by atoms with Gasteiger partial charge in [-0.15, -0.1) is 0 Å². The number of hydrogen-bond donors (Lipinski definition) is 4. The Morgan fingerprint density at radius 3 is 2.42 bits per heavy atom. The average molecular weight is 615 g/mol. The third kappa shape index (κ3) is 6.06. The third-order valence-corrected chi connectivity index (χ3v) is 11.8. The summed E-state index contributed by atoms with van der Waals surface area (Å²) in [6.45, 7) is 0. The van der Waals surface area contributed by atoms with E-state index in [9.17, 15) is 20.4 Å². The van der Waals surface area contributed by atoms with E-state index in [-0.39, 0.29) is 35.2 Å². The molecule has 0 amide bonds. The first kappa shape index (κ1) is 30.5. The smallest absolute Gasteiger partial charge is 0.200 e. The van der Waals surface area contributed by atoms with Gasteiger partial charge in [0.2, 0.25) is 5.75 Å². The molecule has 3 saturated carbocycles. The highest BCUT2D eigenvalue weighted by Gasteiger charge is 2.43. The Morgan fingerprint density at radius 2 is 1.64 bits per heavy atom. The van der Waals surface area contributed by atoms with Gasteiger partial charge in [0, 0.05) is 17.9 Å². The molecule has 7 nitrogen and oxygen atoms in total. The number of phenols is 3. The number of aliphatic hydroxyl groups excluding tert-OH is 1. The number of fused-ring (bicyclic) bond motifs is 1. The molecule has 7 rings (SSSR count). The number of aliphatic hydroxyl groups is 1. The molecule has 1 saturated heterocycles. The van der Waals surface area contributed by atoms with Gasteiger partial charge in [-0.1, -0.05) is 62.3 Å². The molecule has 4 aliphatic rings. The number of hydrogen-bond acceptors (Lipinski definition) is 6. The number of aromatic hydroxyl groups is 3. The first-order chi connectivity index (χ1) is 21.9. The summed E-state index contributed by atoms with van der Waals surface area (Å²) in [4.78, 5) is 4.18. The summed E-state index contributed by atoms with van der Waals surface area (Å²) < 4.78 is 12.4. The van der Waals surface area contributed by atoms with Crippen molar-refractivity contribution in [2.75, 3.05) is 7.11 Å². The molecule has 7 atom stereocenters. The third-order valence-electron chi connectivity index (χ3n) is 11.8. The minimum Gasteiger partial charge on any atom is -0.670 e. The number of aromatic nitrogens is 1. The molecular weight excluding hydrogens is 566 g/mol. The number of benzene rings is 2. The van der Waals surface area contributed by atoms with Crippen LogP contribution in [0.25, 0.3) is 0 Å². The fourth-order valence-electron chi connectivity index (χ4n) is 9.45. The van der Waals surface area contributed by atoms with Gasteiger partial charge in [-0.05, 0) is 91.0 Å². The van der Waals surface area contributed by atoms with E-state index in [4.69, 9.17) is 9.47 Å². The summed E-state index contributed by atoms with van der Waals surface area (Å²) >= 11 is 0. The van der Waals surface area contributed by atoms with Crippen molar-refractivity contribution in [1.29, 1.82) is 0 Å². The van der Waals surface area contributed by atoms with Crippen molar-refractivity contribution in [3.63, 3.8) is 0 Å². The van der Waals surface area contributed by atoms with E-state index in [0.29, 0.717) is 24.5 Å². The Balaban J connectivity index is 1.12. The molecule has 7 heteroatoms. The molecule has 2 aromatic carbocycles. The summed E-state index contributed by atoms with van der Waals surface area (Å²) in [6, 6.07) is 9.77. The van der Waals surface area contributed by atoms with Crippen LogP contribution < -0.4 is 9.72 Å². The van der Waals surface area contributed by atoms with Crippen molar-refractivity contribution in [3.8, 4) is 23.0 Å². The predicted octanol–water partition coefficient (Wildman–Crippen LogP) is 7.60. The largest absolute Gasteiger partial charge is 0.670 e. The van der Waals surface area contributed by atoms with Gasteiger partial charge in [0.05, 0.1) is 25.4 Å². The first-order valence-electron chi connectivity index (χ1n) is 17.2. The van der Waals surface area contributed by atoms with Crippen LogP contribution in [0.5, 0.6) is 23.0 Å². The fraction of sp³-hybridized carbons (Fsp3) is 0.579. The summed E-state index contributed by atoms with van der Waals surface area (Å²) in [5, 5.41) is 43.7. The van der Waals surface area contributed by atoms with Gasteiger partial charge in [0.25, 0.3) is 0 Å². The summed E-state index contributed by atoms with van der Waals surface area (Å²) in [5.41, 5.74) is 4.80. The van der Waals surface area contributed by atoms with Crippen LogP contribution in [0.1, 0.15) is 123 Å². The van der Waals surface area contributed by atoms with Crippen LogP contribution in [0.4, 0.5) is 0 Å². The Kier molecular flexibility index (Phi) is 8.75. The van der Waals surface area contributed by atoms with Crippen molar-refractivity contribution in [1.82, 2.24) is 4.98 Å². The molecule has 3 aromatic rings. The molecule has 1 aromatic heterocycles. The lowest BCUT2D eigenvalue weighted by Gasteiger charge is -2.45. The van der Waals surface area contributed by atoms with Gasteiger partial charge in [-0.2, -0.15) is 12.4 Å². The molecule has 1 aliphatic heterocycles. The highest BCUT2D eigenvalue weighted by molar-refractivity contribution is 5.59. The standard InChI is InChI=1S/C38H48NO6/c1-44-38-31(15-22-13-14-39-21-22)30(19-34(42)37(38)43)36-20-33(41)28-11-9-26(18-35(28)45-36)25-10-12-32(40)29(17-25)27-8-4-7-24(16-27)23-5-2-3-6-23/h10,12-14,17,19,21,23-24,26-28,33,35-36,40-43H,2-9,11,15-16,18,20H2,1H3/q-1. The van der Waals surface area contributed by atoms with Gasteiger partial charge >= 0.3 is 0 Å². The molecule has 45 heavy (non-hydrogen) atoms. The normalized spacial score (nSPS) is 30.7. The minimum absolute atomic E-state index is 0.0509. The minimum atomic E-state index is -0.532. The molecule has 0 radical (unpaired) electrons. The van der Waals surface area contributed by atoms with Crippen molar-refractivity contribution in [2.45, 2.75) is 114 Å². The quantitative estimate of drug-likeness (QED) is 0.203. The van der Waals surface area contributed by atoms with E-state index < -0.39 is 12.2 Å². The van der Waals surface area contributed by atoms with Crippen LogP contribution in [0.2, 0.25) is 0 Å². The maximum atomic E-state index is 11.4. The first-order valence-corrected chi connectivity index (χ1v) is 17.2. The highest BCUT2D eigenvalue weighted by atomic mass is 16.5. The number of nitrogens with zero attached hydrogens (tertiary/aromatic N) is 1. The van der Waals surface area contributed by atoms with Crippen LogP contribution in [0.3, 0.4) is 0 Å². The van der Waals surface area contributed by atoms with Crippen LogP contribution in [0, 0.1) is 17.8 Å². The number of ether oxygens (including phenoxy) is 2. The van der Waals surface area contributed by atoms with Gasteiger partial charge in [0.1, 0.15) is 5.75 Å². The molecule has 7 unspecified atom stereocenters. The van der Waals surface area contributed by atoms with E-state index in [2.05, 4.69) is 17.1 Å². The maximum absolute atomic E-state index is 11.4. The summed E-state index contributed by atoms with van der Waals surface area (Å²) in [6.07, 6.45) is 16.3. The Morgan fingerprint density at radius 1 is 0.822 bits per heavy atom. The second-order valence-electron chi connectivity index (χ2n) is 14.3. The van der Waals surface area contributed by atoms with Crippen LogP contribution in [0.15, 0.2) is 42.7 Å². The van der Waals surface area contributed by atoms with Crippen LogP contribution in [-0.4, -0.2) is 39.7 Å². The Bertz CT molecular complexity index is 1460. The number of phenolic OH excluding ortho intramolecular Hbond substituents is 3. The molecule has 2 heterocycles. The fourth-order valence-corrected chi connectivity index (χ4v) is 9.45. The number of methoxy groups -OCH3 is 1. The molecule has 0 spiro atoms. The molecule has 4 N–H and O–H groups in total. The average Bonchev–Trinajstić information content (AvgIpc) is 3.78. The predicted molar refractivity (Wildman–Crippen MR) is 172 cm³/mol. The van der Waals surface area contributed by atoms with Gasteiger partial charge < -0.3 is 34.9 Å². The monoisotopic (exact) mass is 614 g/mol. The van der Waals surface area contributed by atoms with E-state index in [1.54, 1.807) is 18.5 Å². The van der Waals surface area contributed by atoms with Crippen LogP contribution in [-0.2, 0) is 11.2 Å². The lowest BCUT2D eigenvalue weighted by atomic mass is 9.70. The Labute approximate surface area is 266 Å². The molecule has 242 valence electrons. The molecule has 0 bridgehead atoms. The summed E-state index contributed by atoms with van der Waals surface area (Å²) in [5.74, 6) is 2.51. The topological polar surface area (TPSA) is 113 Å². The second kappa shape index (κ2) is 12.9. The molecule has 3 aliphatic carbocycles. The van der Waals surface area contributed by atoms with E-state index >= 15 is 0 Å². The molecule has 4 fully saturated rings. The van der Waals surface area contributed by atoms with Gasteiger partial charge in [-0.3, -0.25) is 0 Å². The zero-order valence-electron chi connectivity index (χ0n) is 26.4. The van der Waals surface area contributed by atoms with Gasteiger partial charge in [-0.25, -0.2) is 0 Å². The second-order valence-corrected chi connectivity index (χ2v) is 14.3. The van der Waals surface area contributed by atoms with E-state index in [0.717, 1.165) is 59.8 Å². The lowest BCUT2D eigenvalue weighted by molar-refractivity contribution is -0.154. The Hall–Kier alpha value is -3.16. The van der Waals surface area contributed by atoms with Crippen LogP contribution >= 0.6 is 0 Å². The van der Waals surface area contributed by atoms with Crippen molar-refractivity contribution < 1.29 is 29.9 Å². The van der Waals surface area contributed by atoms with E-state index in [1.165, 1.54) is 57.6 Å². The SMILES string of the molecule is COc1c(O)c(O)cc(C2CC(O)C3CCC(c4ccc(O)c(C5CCCC(C6CCCC6)C5)c4)CC3O2)c1Cc1cc[n-]c1.